The fourth-order valence-electron chi connectivity index (χ4n) is 0.872. The molecule has 0 atom stereocenters. The molecular weight excluding hydrogens is 154 g/mol. The lowest BCUT2D eigenvalue weighted by atomic mass is 10.2. The van der Waals surface area contributed by atoms with Crippen LogP contribution in [0.15, 0.2) is 18.2 Å². The summed E-state index contributed by atoms with van der Waals surface area (Å²) in [5.41, 5.74) is 12.7. The molecule has 0 spiro atoms. The highest BCUT2D eigenvalue weighted by atomic mass is 16.1. The predicted molar refractivity (Wildman–Crippen MR) is 49.6 cm³/mol. The lowest BCUT2D eigenvalue weighted by molar-refractivity contribution is -0.114. The van der Waals surface area contributed by atoms with Gasteiger partial charge in [-0.3, -0.25) is 4.79 Å². The summed E-state index contributed by atoms with van der Waals surface area (Å²) in [5, 5.41) is 2.57. The van der Waals surface area contributed by atoms with Crippen molar-refractivity contribution in [2.75, 3.05) is 16.8 Å². The van der Waals surface area contributed by atoms with Crippen molar-refractivity contribution in [2.45, 2.75) is 6.92 Å². The number of anilines is 3. The Bertz CT molecular complexity index is 309. The summed E-state index contributed by atoms with van der Waals surface area (Å²) in [6.45, 7) is 1.42. The van der Waals surface area contributed by atoms with E-state index in [1.54, 1.807) is 18.2 Å². The highest BCUT2D eigenvalue weighted by Crippen LogP contribution is 2.20. The highest BCUT2D eigenvalue weighted by molar-refractivity contribution is 5.92. The van der Waals surface area contributed by atoms with Crippen molar-refractivity contribution in [3.05, 3.63) is 18.2 Å². The molecule has 0 aliphatic carbocycles. The maximum Gasteiger partial charge on any atom is 0.221 e. The van der Waals surface area contributed by atoms with Crippen LogP contribution < -0.4 is 16.8 Å². The number of nitrogens with one attached hydrogen (secondary N) is 1. The lowest BCUT2D eigenvalue weighted by Crippen LogP contribution is -2.08. The van der Waals surface area contributed by atoms with E-state index in [0.29, 0.717) is 17.1 Å². The third kappa shape index (κ3) is 1.88. The third-order valence-corrected chi connectivity index (χ3v) is 1.39. The van der Waals surface area contributed by atoms with Crippen molar-refractivity contribution in [3.63, 3.8) is 0 Å². The molecule has 0 bridgehead atoms. The molecule has 0 saturated heterocycles. The number of hydrogen-bond acceptors (Lipinski definition) is 3. The van der Waals surface area contributed by atoms with E-state index in [1.807, 2.05) is 0 Å². The van der Waals surface area contributed by atoms with Crippen molar-refractivity contribution in [1.29, 1.82) is 0 Å². The van der Waals surface area contributed by atoms with Crippen molar-refractivity contribution < 1.29 is 4.79 Å². The molecule has 0 heterocycles. The van der Waals surface area contributed by atoms with Gasteiger partial charge in [-0.05, 0) is 18.2 Å². The van der Waals surface area contributed by atoms with Gasteiger partial charge in [-0.1, -0.05) is 0 Å². The summed E-state index contributed by atoms with van der Waals surface area (Å²) < 4.78 is 0. The van der Waals surface area contributed by atoms with Crippen LogP contribution in [0, 0.1) is 0 Å². The molecule has 0 radical (unpaired) electrons. The molecule has 4 heteroatoms. The van der Waals surface area contributed by atoms with Crippen LogP contribution in [0.1, 0.15) is 6.92 Å². The van der Waals surface area contributed by atoms with Crippen LogP contribution in [0.3, 0.4) is 0 Å². The van der Waals surface area contributed by atoms with Crippen LogP contribution in [0.25, 0.3) is 0 Å². The number of nitrogen functional groups attached to an aromatic ring is 2. The number of rotatable bonds is 1. The van der Waals surface area contributed by atoms with Crippen LogP contribution in [0.2, 0.25) is 0 Å². The first-order valence-corrected chi connectivity index (χ1v) is 3.52. The molecule has 64 valence electrons. The molecule has 0 saturated carbocycles. The van der Waals surface area contributed by atoms with E-state index in [2.05, 4.69) is 5.32 Å². The summed E-state index contributed by atoms with van der Waals surface area (Å²) in [4.78, 5) is 10.7. The zero-order chi connectivity index (χ0) is 9.14. The first kappa shape index (κ1) is 8.39. The van der Waals surface area contributed by atoms with E-state index < -0.39 is 0 Å². The van der Waals surface area contributed by atoms with Gasteiger partial charge in [0.1, 0.15) is 0 Å². The molecular formula is C8H11N3O. The lowest BCUT2D eigenvalue weighted by Gasteiger charge is -2.05. The molecule has 4 nitrogen and oxygen atoms in total. The minimum Gasteiger partial charge on any atom is -0.399 e. The quantitative estimate of drug-likeness (QED) is 0.538. The van der Waals surface area contributed by atoms with Gasteiger partial charge < -0.3 is 16.8 Å². The third-order valence-electron chi connectivity index (χ3n) is 1.39. The Balaban J connectivity index is 2.97. The Hall–Kier alpha value is -1.71. The smallest absolute Gasteiger partial charge is 0.221 e. The van der Waals surface area contributed by atoms with E-state index in [9.17, 15) is 4.79 Å². The summed E-state index contributed by atoms with van der Waals surface area (Å²) in [6, 6.07) is 4.96. The number of carbonyl (C=O) groups is 1. The molecule has 1 rings (SSSR count). The molecule has 0 aromatic heterocycles. The van der Waals surface area contributed by atoms with Crippen LogP contribution in [-0.4, -0.2) is 5.91 Å². The molecule has 1 aromatic carbocycles. The van der Waals surface area contributed by atoms with E-state index in [0.717, 1.165) is 0 Å². The number of nitrogens with two attached hydrogens (primary N) is 2. The standard InChI is InChI=1S/C8H11N3O/c1-5(12)11-8-4-6(9)2-3-7(8)10/h2-4H,9-10H2,1H3,(H,11,12). The van der Waals surface area contributed by atoms with Gasteiger partial charge in [0.05, 0.1) is 11.4 Å². The van der Waals surface area contributed by atoms with Gasteiger partial charge >= 0.3 is 0 Å². The van der Waals surface area contributed by atoms with Crippen molar-refractivity contribution >= 4 is 23.0 Å². The fraction of sp³-hybridized carbons (Fsp3) is 0.125. The second kappa shape index (κ2) is 3.13. The second-order valence-electron chi connectivity index (χ2n) is 2.53. The maximum absolute atomic E-state index is 10.7. The summed E-state index contributed by atoms with van der Waals surface area (Å²) in [5.74, 6) is -0.160. The summed E-state index contributed by atoms with van der Waals surface area (Å²) >= 11 is 0. The van der Waals surface area contributed by atoms with Crippen molar-refractivity contribution in [3.8, 4) is 0 Å². The molecule has 0 unspecified atom stereocenters. The molecule has 1 amide bonds. The predicted octanol–water partition coefficient (Wildman–Crippen LogP) is 0.809. The van der Waals surface area contributed by atoms with Gasteiger partial charge in [-0.2, -0.15) is 0 Å². The average molecular weight is 165 g/mol. The zero-order valence-corrected chi connectivity index (χ0v) is 6.79. The fourth-order valence-corrected chi connectivity index (χ4v) is 0.872. The summed E-state index contributed by atoms with van der Waals surface area (Å²) in [7, 11) is 0. The number of hydrogen-bond donors (Lipinski definition) is 3. The monoisotopic (exact) mass is 165 g/mol. The van der Waals surface area contributed by atoms with Gasteiger partial charge in [-0.15, -0.1) is 0 Å². The van der Waals surface area contributed by atoms with Gasteiger partial charge in [0.15, 0.2) is 0 Å². The highest BCUT2D eigenvalue weighted by Gasteiger charge is 2.00. The number of benzene rings is 1. The normalized spacial score (nSPS) is 9.42. The first-order valence-electron chi connectivity index (χ1n) is 3.52. The second-order valence-corrected chi connectivity index (χ2v) is 2.53. The Morgan fingerprint density at radius 2 is 2.08 bits per heavy atom. The van der Waals surface area contributed by atoms with Crippen LogP contribution in [0.4, 0.5) is 17.1 Å². The van der Waals surface area contributed by atoms with E-state index in [4.69, 9.17) is 11.5 Å². The van der Waals surface area contributed by atoms with Crippen LogP contribution >= 0.6 is 0 Å². The minimum absolute atomic E-state index is 0.160. The van der Waals surface area contributed by atoms with Gasteiger partial charge in [-0.25, -0.2) is 0 Å². The Labute approximate surface area is 70.6 Å². The average Bonchev–Trinajstić information content (AvgIpc) is 1.96. The molecule has 5 N–H and O–H groups in total. The van der Waals surface area contributed by atoms with Crippen molar-refractivity contribution in [2.24, 2.45) is 0 Å². The Kier molecular flexibility index (Phi) is 2.19. The van der Waals surface area contributed by atoms with E-state index in [1.165, 1.54) is 6.92 Å². The van der Waals surface area contributed by atoms with Gasteiger partial charge in [0.2, 0.25) is 5.91 Å². The maximum atomic E-state index is 10.7. The van der Waals surface area contributed by atoms with Gasteiger partial charge in [0, 0.05) is 12.6 Å². The minimum atomic E-state index is -0.160. The first-order chi connectivity index (χ1) is 5.59. The Morgan fingerprint density at radius 1 is 1.42 bits per heavy atom. The molecule has 0 aliphatic heterocycles. The van der Waals surface area contributed by atoms with E-state index in [-0.39, 0.29) is 5.91 Å². The number of carbonyl (C=O) groups excluding carboxylic acids is 1. The molecule has 12 heavy (non-hydrogen) atoms. The summed E-state index contributed by atoms with van der Waals surface area (Å²) in [6.07, 6.45) is 0. The van der Waals surface area contributed by atoms with Crippen molar-refractivity contribution in [1.82, 2.24) is 0 Å². The molecule has 1 aromatic rings. The van der Waals surface area contributed by atoms with Gasteiger partial charge in [0.25, 0.3) is 0 Å². The molecule has 0 fully saturated rings. The Morgan fingerprint density at radius 3 is 2.67 bits per heavy atom. The van der Waals surface area contributed by atoms with Crippen LogP contribution in [0.5, 0.6) is 0 Å². The zero-order valence-electron chi connectivity index (χ0n) is 6.79. The largest absolute Gasteiger partial charge is 0.399 e. The van der Waals surface area contributed by atoms with Crippen LogP contribution in [-0.2, 0) is 4.79 Å². The van der Waals surface area contributed by atoms with E-state index >= 15 is 0 Å². The number of amides is 1. The topological polar surface area (TPSA) is 81.1 Å². The SMILES string of the molecule is CC(=O)Nc1cc(N)ccc1N. The molecule has 0 aliphatic rings.